The molecule has 262 valence electrons. The van der Waals surface area contributed by atoms with Crippen LogP contribution < -0.4 is 5.32 Å². The molecule has 4 fully saturated rings. The van der Waals surface area contributed by atoms with E-state index in [4.69, 9.17) is 0 Å². The zero-order valence-corrected chi connectivity index (χ0v) is 30.9. The molecule has 5 nitrogen and oxygen atoms in total. The minimum Gasteiger partial charge on any atom is -0.356 e. The highest BCUT2D eigenvalue weighted by Crippen LogP contribution is 2.60. The maximum Gasteiger partial charge on any atom is 0.226 e. The van der Waals surface area contributed by atoms with Gasteiger partial charge in [-0.15, -0.1) is 0 Å². The van der Waals surface area contributed by atoms with Gasteiger partial charge < -0.3 is 5.32 Å². The fraction of sp³-hybridized carbons (Fsp3) is 0.900. The van der Waals surface area contributed by atoms with Crippen LogP contribution in [0.1, 0.15) is 184 Å². The van der Waals surface area contributed by atoms with Gasteiger partial charge in [-0.25, -0.2) is 0 Å². The molecule has 1 N–H and O–H groups in total. The number of amides is 1. The number of unbranched alkanes of at least 4 members (excludes halogenated alkanes) is 5. The van der Waals surface area contributed by atoms with Crippen LogP contribution in [-0.2, 0) is 19.2 Å². The van der Waals surface area contributed by atoms with Gasteiger partial charge in [-0.05, 0) is 93.3 Å². The topological polar surface area (TPSA) is 80.3 Å². The molecule has 45 heavy (non-hydrogen) atoms. The van der Waals surface area contributed by atoms with Crippen molar-refractivity contribution in [3.05, 3.63) is 0 Å². The lowest BCUT2D eigenvalue weighted by atomic mass is 9.49. The van der Waals surface area contributed by atoms with Crippen molar-refractivity contribution in [3.63, 3.8) is 0 Å². The van der Waals surface area contributed by atoms with Crippen LogP contribution in [-0.4, -0.2) is 29.8 Å². The van der Waals surface area contributed by atoms with E-state index >= 15 is 0 Å². The number of carbonyl (C=O) groups excluding carboxylic acids is 4. The summed E-state index contributed by atoms with van der Waals surface area (Å²) in [5.41, 5.74) is -0.0449. The fourth-order valence-electron chi connectivity index (χ4n) is 8.04. The molecule has 4 rings (SSSR count). The van der Waals surface area contributed by atoms with Gasteiger partial charge in [-0.3, -0.25) is 19.2 Å². The molecule has 4 saturated carbocycles. The van der Waals surface area contributed by atoms with Crippen LogP contribution in [0.2, 0.25) is 0 Å². The molecule has 0 radical (unpaired) electrons. The normalized spacial score (nSPS) is 23.0. The first-order chi connectivity index (χ1) is 21.3. The van der Waals surface area contributed by atoms with E-state index in [0.29, 0.717) is 60.4 Å². The van der Waals surface area contributed by atoms with E-state index in [-0.39, 0.29) is 5.41 Å². The third-order valence-corrected chi connectivity index (χ3v) is 9.71. The summed E-state index contributed by atoms with van der Waals surface area (Å²) in [4.78, 5) is 46.7. The molecule has 5 heteroatoms. The predicted molar refractivity (Wildman–Crippen MR) is 189 cm³/mol. The van der Waals surface area contributed by atoms with Crippen molar-refractivity contribution < 1.29 is 19.2 Å². The Balaban J connectivity index is 0.000000377. The van der Waals surface area contributed by atoms with E-state index < -0.39 is 0 Å². The van der Waals surface area contributed by atoms with E-state index in [1.165, 1.54) is 44.9 Å². The minimum absolute atomic E-state index is 0.0449. The summed E-state index contributed by atoms with van der Waals surface area (Å²) in [7, 11) is 0. The Labute approximate surface area is 278 Å². The summed E-state index contributed by atoms with van der Waals surface area (Å²) in [6.45, 7) is 17.5. The highest BCUT2D eigenvalue weighted by atomic mass is 16.2. The van der Waals surface area contributed by atoms with Crippen molar-refractivity contribution in [1.29, 1.82) is 0 Å². The molecule has 0 spiro atoms. The van der Waals surface area contributed by atoms with Crippen LogP contribution in [0, 0.1) is 40.9 Å². The highest BCUT2D eigenvalue weighted by molar-refractivity contribution is 5.83. The first-order valence-electron chi connectivity index (χ1n) is 19.1. The second kappa shape index (κ2) is 22.9. The van der Waals surface area contributed by atoms with Gasteiger partial charge in [-0.1, -0.05) is 87.5 Å². The standard InChI is InChI=1S/C19H31NO2.C12H24O.C9H18O/c1-13(2)6-17(21)4-3-5-20-18(22)19-10-14-7-15(11-19)9-16(8-14)12-19;1-4-5-6-7-8-9-12(13)10-11(2)3;1-4-5-6-9(10)7-8(2)3/h13-16H,3-12H2,1-2H3,(H,20,22);11H,4-10H2,1-3H3;8H,4-7H2,1-3H3. The van der Waals surface area contributed by atoms with Crippen LogP contribution in [0.3, 0.4) is 0 Å². The summed E-state index contributed by atoms with van der Waals surface area (Å²) < 4.78 is 0. The van der Waals surface area contributed by atoms with Gasteiger partial charge in [0.1, 0.15) is 17.3 Å². The van der Waals surface area contributed by atoms with Gasteiger partial charge in [0, 0.05) is 50.5 Å². The molecule has 0 unspecified atom stereocenters. The molecule has 4 aliphatic rings. The van der Waals surface area contributed by atoms with Crippen LogP contribution in [0.15, 0.2) is 0 Å². The summed E-state index contributed by atoms with van der Waals surface area (Å²) in [6, 6.07) is 0. The molecular weight excluding hydrogens is 558 g/mol. The van der Waals surface area contributed by atoms with Gasteiger partial charge in [0.2, 0.25) is 5.91 Å². The molecule has 0 atom stereocenters. The third kappa shape index (κ3) is 18.4. The number of Topliss-reactive ketones (excluding diaryl/α,β-unsaturated/α-hetero) is 3. The SMILES string of the molecule is CC(C)CC(=O)CCCNC(=O)C12CC3CC(CC(C3)C1)C2.CCCCC(=O)CC(C)C.CCCCCCCC(=O)CC(C)C. The van der Waals surface area contributed by atoms with E-state index in [0.717, 1.165) is 88.4 Å². The zero-order chi connectivity index (χ0) is 33.8. The lowest BCUT2D eigenvalue weighted by molar-refractivity contribution is -0.146. The van der Waals surface area contributed by atoms with Crippen molar-refractivity contribution in [1.82, 2.24) is 5.32 Å². The first-order valence-corrected chi connectivity index (χ1v) is 19.1. The molecule has 0 saturated heterocycles. The van der Waals surface area contributed by atoms with Crippen molar-refractivity contribution in [2.45, 2.75) is 184 Å². The number of hydrogen-bond acceptors (Lipinski definition) is 4. The van der Waals surface area contributed by atoms with E-state index in [1.807, 2.05) is 0 Å². The Morgan fingerprint density at radius 2 is 0.933 bits per heavy atom. The first kappa shape index (κ1) is 41.5. The van der Waals surface area contributed by atoms with E-state index in [1.54, 1.807) is 0 Å². The molecule has 0 heterocycles. The maximum atomic E-state index is 12.7. The molecule has 0 aromatic heterocycles. The Hall–Kier alpha value is -1.52. The van der Waals surface area contributed by atoms with Crippen LogP contribution in [0.5, 0.6) is 0 Å². The predicted octanol–water partition coefficient (Wildman–Crippen LogP) is 10.5. The van der Waals surface area contributed by atoms with Crippen LogP contribution >= 0.6 is 0 Å². The summed E-state index contributed by atoms with van der Waals surface area (Å²) in [5, 5.41) is 3.16. The Morgan fingerprint density at radius 1 is 0.556 bits per heavy atom. The molecular formula is C40H73NO4. The fourth-order valence-corrected chi connectivity index (χ4v) is 8.04. The number of rotatable bonds is 20. The molecule has 1 amide bonds. The smallest absolute Gasteiger partial charge is 0.226 e. The summed E-state index contributed by atoms with van der Waals surface area (Å²) >= 11 is 0. The zero-order valence-electron chi connectivity index (χ0n) is 30.9. The molecule has 0 aromatic rings. The maximum absolute atomic E-state index is 12.7. The average Bonchev–Trinajstić information content (AvgIpc) is 2.93. The van der Waals surface area contributed by atoms with Gasteiger partial charge in [0.05, 0.1) is 0 Å². The van der Waals surface area contributed by atoms with Gasteiger partial charge in [0.15, 0.2) is 0 Å². The van der Waals surface area contributed by atoms with Crippen LogP contribution in [0.4, 0.5) is 0 Å². The lowest BCUT2D eigenvalue weighted by Crippen LogP contribution is -2.53. The Kier molecular flexibility index (Phi) is 21.1. The number of hydrogen-bond donors (Lipinski definition) is 1. The van der Waals surface area contributed by atoms with Crippen molar-refractivity contribution in [2.24, 2.45) is 40.9 Å². The van der Waals surface area contributed by atoms with Crippen molar-refractivity contribution in [3.8, 4) is 0 Å². The summed E-state index contributed by atoms with van der Waals surface area (Å²) in [5.74, 6) is 5.44. The summed E-state index contributed by atoms with van der Waals surface area (Å²) in [6.07, 6.45) is 21.1. The molecule has 4 bridgehead atoms. The third-order valence-electron chi connectivity index (χ3n) is 9.71. The lowest BCUT2D eigenvalue weighted by Gasteiger charge is -2.55. The largest absolute Gasteiger partial charge is 0.356 e. The number of nitrogens with one attached hydrogen (secondary N) is 1. The quantitative estimate of drug-likeness (QED) is 0.136. The van der Waals surface area contributed by atoms with E-state index in [9.17, 15) is 19.2 Å². The Bertz CT molecular complexity index is 823. The van der Waals surface area contributed by atoms with Gasteiger partial charge in [0.25, 0.3) is 0 Å². The second-order valence-electron chi connectivity index (χ2n) is 16.2. The van der Waals surface area contributed by atoms with Crippen molar-refractivity contribution in [2.75, 3.05) is 6.54 Å². The number of carbonyl (C=O) groups is 4. The Morgan fingerprint density at radius 3 is 1.33 bits per heavy atom. The molecule has 0 aliphatic heterocycles. The van der Waals surface area contributed by atoms with Crippen molar-refractivity contribution >= 4 is 23.3 Å². The average molecular weight is 632 g/mol. The minimum atomic E-state index is -0.0449. The number of ketones is 3. The second-order valence-corrected chi connectivity index (χ2v) is 16.2. The monoisotopic (exact) mass is 632 g/mol. The van der Waals surface area contributed by atoms with E-state index in [2.05, 4.69) is 60.7 Å². The van der Waals surface area contributed by atoms with Crippen LogP contribution in [0.25, 0.3) is 0 Å². The highest BCUT2D eigenvalue weighted by Gasteiger charge is 2.54. The molecule has 4 aliphatic carbocycles. The molecule has 0 aromatic carbocycles. The van der Waals surface area contributed by atoms with Gasteiger partial charge >= 0.3 is 0 Å². The van der Waals surface area contributed by atoms with Gasteiger partial charge in [-0.2, -0.15) is 0 Å².